The molecule has 0 fully saturated rings. The number of ether oxygens (including phenoxy) is 1. The van der Waals surface area contributed by atoms with Crippen molar-refractivity contribution in [3.63, 3.8) is 0 Å². The molecule has 0 saturated heterocycles. The first-order valence-corrected chi connectivity index (χ1v) is 5.56. The second kappa shape index (κ2) is 9.65. The van der Waals surface area contributed by atoms with Gasteiger partial charge in [0.25, 0.3) is 0 Å². The van der Waals surface area contributed by atoms with Crippen LogP contribution in [0.1, 0.15) is 39.5 Å². The minimum Gasteiger partial charge on any atom is -0.374 e. The highest BCUT2D eigenvalue weighted by atomic mass is 16.5. The number of amides is 1. The average molecular weight is 215 g/mol. The van der Waals surface area contributed by atoms with Crippen LogP contribution in [0.3, 0.4) is 0 Å². The number of carbonyl (C=O) groups is 2. The summed E-state index contributed by atoms with van der Waals surface area (Å²) in [7, 11) is 0. The second-order valence-electron chi connectivity index (χ2n) is 3.44. The molecule has 0 heterocycles. The molecule has 0 radical (unpaired) electrons. The third-order valence-electron chi connectivity index (χ3n) is 1.81. The zero-order valence-corrected chi connectivity index (χ0v) is 9.67. The summed E-state index contributed by atoms with van der Waals surface area (Å²) in [6.07, 6.45) is 2.37. The Kier molecular flexibility index (Phi) is 9.07. The van der Waals surface area contributed by atoms with Crippen molar-refractivity contribution in [3.05, 3.63) is 0 Å². The first-order valence-electron chi connectivity index (χ1n) is 5.56. The summed E-state index contributed by atoms with van der Waals surface area (Å²) in [6, 6.07) is 0. The van der Waals surface area contributed by atoms with E-state index in [0.29, 0.717) is 13.2 Å². The Morgan fingerprint density at radius 2 is 1.87 bits per heavy atom. The van der Waals surface area contributed by atoms with E-state index in [9.17, 15) is 9.59 Å². The van der Waals surface area contributed by atoms with Gasteiger partial charge >= 0.3 is 0 Å². The van der Waals surface area contributed by atoms with Gasteiger partial charge in [0.1, 0.15) is 6.61 Å². The number of hydrogen-bond donors (Lipinski definition) is 1. The molecule has 0 aromatic carbocycles. The fourth-order valence-electron chi connectivity index (χ4n) is 1.01. The molecule has 4 nitrogen and oxygen atoms in total. The number of carbonyl (C=O) groups excluding carboxylic acids is 2. The number of Topliss-reactive ketones (excluding diaryl/α,β-unsaturated/α-hetero) is 1. The van der Waals surface area contributed by atoms with Crippen LogP contribution in [0.25, 0.3) is 0 Å². The minimum absolute atomic E-state index is 0.00454. The van der Waals surface area contributed by atoms with E-state index in [1.54, 1.807) is 0 Å². The first kappa shape index (κ1) is 14.1. The fraction of sp³-hybridized carbons (Fsp3) is 0.818. The number of hydrogen-bond acceptors (Lipinski definition) is 3. The van der Waals surface area contributed by atoms with Crippen molar-refractivity contribution in [2.24, 2.45) is 0 Å². The van der Waals surface area contributed by atoms with Crippen molar-refractivity contribution in [3.8, 4) is 0 Å². The van der Waals surface area contributed by atoms with Crippen molar-refractivity contribution in [1.29, 1.82) is 0 Å². The molecular formula is C11H21NO3. The Morgan fingerprint density at radius 1 is 1.13 bits per heavy atom. The van der Waals surface area contributed by atoms with E-state index in [2.05, 4.69) is 5.32 Å². The lowest BCUT2D eigenvalue weighted by Crippen LogP contribution is -2.24. The van der Waals surface area contributed by atoms with Crippen molar-refractivity contribution in [2.45, 2.75) is 39.5 Å². The van der Waals surface area contributed by atoms with E-state index in [1.165, 1.54) is 0 Å². The van der Waals surface area contributed by atoms with Gasteiger partial charge in [0.05, 0.1) is 0 Å². The molecule has 15 heavy (non-hydrogen) atoms. The summed E-state index contributed by atoms with van der Waals surface area (Å²) in [5.41, 5.74) is 0. The SMILES string of the molecule is CCCNC(=O)CCC(=O)COCCC. The second-order valence-corrected chi connectivity index (χ2v) is 3.44. The summed E-state index contributed by atoms with van der Waals surface area (Å²) in [5.74, 6) is -0.0595. The Balaban J connectivity index is 3.40. The van der Waals surface area contributed by atoms with Crippen LogP contribution in [0.2, 0.25) is 0 Å². The van der Waals surface area contributed by atoms with Crippen LogP contribution in [-0.4, -0.2) is 31.4 Å². The third-order valence-corrected chi connectivity index (χ3v) is 1.81. The highest BCUT2D eigenvalue weighted by Crippen LogP contribution is 1.93. The Labute approximate surface area is 91.4 Å². The number of rotatable bonds is 9. The van der Waals surface area contributed by atoms with Crippen molar-refractivity contribution in [1.82, 2.24) is 5.32 Å². The summed E-state index contributed by atoms with van der Waals surface area (Å²) in [5, 5.41) is 2.72. The molecule has 0 bridgehead atoms. The normalized spacial score (nSPS) is 10.0. The molecule has 0 aromatic heterocycles. The smallest absolute Gasteiger partial charge is 0.220 e. The predicted molar refractivity (Wildman–Crippen MR) is 58.7 cm³/mol. The topological polar surface area (TPSA) is 55.4 Å². The Hall–Kier alpha value is -0.900. The molecule has 0 saturated carbocycles. The molecular weight excluding hydrogens is 194 g/mol. The first-order chi connectivity index (χ1) is 7.20. The van der Waals surface area contributed by atoms with Crippen LogP contribution in [0.5, 0.6) is 0 Å². The lowest BCUT2D eigenvalue weighted by Gasteiger charge is -2.03. The standard InChI is InChI=1S/C11H21NO3/c1-3-7-12-11(14)6-5-10(13)9-15-8-4-2/h3-9H2,1-2H3,(H,12,14). The molecule has 0 aliphatic carbocycles. The van der Waals surface area contributed by atoms with Gasteiger partial charge in [0, 0.05) is 26.0 Å². The van der Waals surface area contributed by atoms with Crippen molar-refractivity contribution >= 4 is 11.7 Å². The molecule has 0 atom stereocenters. The highest BCUT2D eigenvalue weighted by molar-refractivity contribution is 5.85. The zero-order valence-electron chi connectivity index (χ0n) is 9.67. The van der Waals surface area contributed by atoms with Gasteiger partial charge in [0.15, 0.2) is 5.78 Å². The summed E-state index contributed by atoms with van der Waals surface area (Å²) in [4.78, 5) is 22.3. The summed E-state index contributed by atoms with van der Waals surface area (Å²) >= 11 is 0. The van der Waals surface area contributed by atoms with Crippen molar-refractivity contribution < 1.29 is 14.3 Å². The monoisotopic (exact) mass is 215 g/mol. The van der Waals surface area contributed by atoms with Gasteiger partial charge in [-0.2, -0.15) is 0 Å². The maximum atomic E-state index is 11.2. The van der Waals surface area contributed by atoms with Gasteiger partial charge in [-0.3, -0.25) is 9.59 Å². The van der Waals surface area contributed by atoms with Gasteiger partial charge in [-0.15, -0.1) is 0 Å². The van der Waals surface area contributed by atoms with Crippen LogP contribution in [0, 0.1) is 0 Å². The molecule has 0 aromatic rings. The van der Waals surface area contributed by atoms with Gasteiger partial charge in [-0.05, 0) is 12.8 Å². The van der Waals surface area contributed by atoms with Crippen LogP contribution in [-0.2, 0) is 14.3 Å². The Morgan fingerprint density at radius 3 is 2.47 bits per heavy atom. The highest BCUT2D eigenvalue weighted by Gasteiger charge is 2.06. The summed E-state index contributed by atoms with van der Waals surface area (Å²) in [6.45, 7) is 5.40. The van der Waals surface area contributed by atoms with E-state index in [-0.39, 0.29) is 31.1 Å². The lowest BCUT2D eigenvalue weighted by atomic mass is 10.2. The number of ketones is 1. The lowest BCUT2D eigenvalue weighted by molar-refractivity contribution is -0.127. The Bertz CT molecular complexity index is 192. The van der Waals surface area contributed by atoms with Crippen LogP contribution >= 0.6 is 0 Å². The predicted octanol–water partition coefficient (Wildman–Crippen LogP) is 1.29. The molecule has 0 aliphatic heterocycles. The maximum absolute atomic E-state index is 11.2. The molecule has 0 unspecified atom stereocenters. The van der Waals surface area contributed by atoms with E-state index in [0.717, 1.165) is 12.8 Å². The van der Waals surface area contributed by atoms with Gasteiger partial charge in [-0.25, -0.2) is 0 Å². The van der Waals surface area contributed by atoms with Crippen LogP contribution in [0.15, 0.2) is 0 Å². The average Bonchev–Trinajstić information content (AvgIpc) is 2.24. The maximum Gasteiger partial charge on any atom is 0.220 e. The molecule has 1 amide bonds. The van der Waals surface area contributed by atoms with E-state index < -0.39 is 0 Å². The van der Waals surface area contributed by atoms with Crippen LogP contribution in [0.4, 0.5) is 0 Å². The van der Waals surface area contributed by atoms with Crippen LogP contribution < -0.4 is 5.32 Å². The molecule has 0 spiro atoms. The van der Waals surface area contributed by atoms with Gasteiger partial charge < -0.3 is 10.1 Å². The number of nitrogens with one attached hydrogen (secondary N) is 1. The summed E-state index contributed by atoms with van der Waals surface area (Å²) < 4.78 is 5.08. The van der Waals surface area contributed by atoms with E-state index in [1.807, 2.05) is 13.8 Å². The molecule has 0 rings (SSSR count). The van der Waals surface area contributed by atoms with E-state index >= 15 is 0 Å². The quantitative estimate of drug-likeness (QED) is 0.590. The van der Waals surface area contributed by atoms with E-state index in [4.69, 9.17) is 4.74 Å². The minimum atomic E-state index is -0.0549. The molecule has 88 valence electrons. The zero-order chi connectivity index (χ0) is 11.5. The van der Waals surface area contributed by atoms with Crippen molar-refractivity contribution in [2.75, 3.05) is 19.8 Å². The third kappa shape index (κ3) is 9.41. The van der Waals surface area contributed by atoms with Gasteiger partial charge in [0.2, 0.25) is 5.91 Å². The molecule has 4 heteroatoms. The van der Waals surface area contributed by atoms with Gasteiger partial charge in [-0.1, -0.05) is 13.8 Å². The molecule has 1 N–H and O–H groups in total. The largest absolute Gasteiger partial charge is 0.374 e. The fourth-order valence-corrected chi connectivity index (χ4v) is 1.01. The molecule has 0 aliphatic rings.